The molecule has 0 saturated carbocycles. The van der Waals surface area contributed by atoms with Crippen LogP contribution in [-0.4, -0.2) is 10.9 Å². The predicted molar refractivity (Wildman–Crippen MR) is 95.6 cm³/mol. The summed E-state index contributed by atoms with van der Waals surface area (Å²) in [5, 5.41) is 15.0. The molecule has 0 bridgehead atoms. The third-order valence-electron chi connectivity index (χ3n) is 3.58. The summed E-state index contributed by atoms with van der Waals surface area (Å²) >= 11 is 0. The fourth-order valence-electron chi connectivity index (χ4n) is 2.42. The van der Waals surface area contributed by atoms with Gasteiger partial charge in [-0.2, -0.15) is 5.26 Å². The number of rotatable bonds is 4. The van der Waals surface area contributed by atoms with Crippen LogP contribution in [0, 0.1) is 39.0 Å². The third kappa shape index (κ3) is 4.20. The van der Waals surface area contributed by atoms with E-state index in [9.17, 15) is 10.1 Å². The minimum atomic E-state index is -0.444. The maximum atomic E-state index is 12.4. The van der Waals surface area contributed by atoms with Crippen molar-refractivity contribution in [2.75, 3.05) is 10.6 Å². The van der Waals surface area contributed by atoms with Gasteiger partial charge in [0.1, 0.15) is 11.6 Å². The molecule has 2 rings (SSSR count). The summed E-state index contributed by atoms with van der Waals surface area (Å²) in [5.41, 5.74) is 5.41. The number of aromatic nitrogens is 1. The number of hydrogen-bond donors (Lipinski definition) is 2. The van der Waals surface area contributed by atoms with Gasteiger partial charge < -0.3 is 10.6 Å². The second-order valence-corrected chi connectivity index (χ2v) is 5.73. The second kappa shape index (κ2) is 7.42. The Morgan fingerprint density at radius 1 is 1.17 bits per heavy atom. The van der Waals surface area contributed by atoms with E-state index in [1.54, 1.807) is 6.20 Å². The quantitative estimate of drug-likeness (QED) is 0.664. The highest BCUT2D eigenvalue weighted by Gasteiger charge is 2.12. The highest BCUT2D eigenvalue weighted by Crippen LogP contribution is 2.22. The van der Waals surface area contributed by atoms with Gasteiger partial charge >= 0.3 is 0 Å². The lowest BCUT2D eigenvalue weighted by molar-refractivity contribution is -0.112. The summed E-state index contributed by atoms with van der Waals surface area (Å²) in [6, 6.07) is 9.59. The fraction of sp³-hybridized carbons (Fsp3) is 0.211. The summed E-state index contributed by atoms with van der Waals surface area (Å²) in [6.07, 6.45) is 3.04. The molecule has 0 unspecified atom stereocenters. The standard InChI is InChI=1S/C19H20N4O/c1-12-7-13(2)18(14(3)8-12)23-19(24)16(9-20)10-22-17-6-5-15(4)21-11-17/h5-8,10-11,22H,1-4H3,(H,23,24)/b16-10-. The molecule has 0 atom stereocenters. The molecule has 0 radical (unpaired) electrons. The highest BCUT2D eigenvalue weighted by atomic mass is 16.1. The molecule has 24 heavy (non-hydrogen) atoms. The van der Waals surface area contributed by atoms with Gasteiger partial charge in [0.15, 0.2) is 0 Å². The van der Waals surface area contributed by atoms with Crippen molar-refractivity contribution >= 4 is 17.3 Å². The zero-order valence-corrected chi connectivity index (χ0v) is 14.3. The van der Waals surface area contributed by atoms with Gasteiger partial charge in [-0.05, 0) is 51.0 Å². The van der Waals surface area contributed by atoms with E-state index >= 15 is 0 Å². The number of pyridine rings is 1. The molecule has 0 aliphatic rings. The lowest BCUT2D eigenvalue weighted by atomic mass is 10.0. The largest absolute Gasteiger partial charge is 0.359 e. The fourth-order valence-corrected chi connectivity index (χ4v) is 2.42. The topological polar surface area (TPSA) is 77.8 Å². The van der Waals surface area contributed by atoms with Gasteiger partial charge in [-0.1, -0.05) is 17.7 Å². The predicted octanol–water partition coefficient (Wildman–Crippen LogP) is 3.77. The monoisotopic (exact) mass is 320 g/mol. The lowest BCUT2D eigenvalue weighted by Gasteiger charge is -2.12. The number of carbonyl (C=O) groups is 1. The van der Waals surface area contributed by atoms with Crippen molar-refractivity contribution in [3.05, 3.63) is 64.6 Å². The number of nitrogens with one attached hydrogen (secondary N) is 2. The maximum absolute atomic E-state index is 12.4. The summed E-state index contributed by atoms with van der Waals surface area (Å²) in [7, 11) is 0. The number of nitriles is 1. The molecule has 2 N–H and O–H groups in total. The number of aryl methyl sites for hydroxylation is 4. The number of benzene rings is 1. The van der Waals surface area contributed by atoms with E-state index in [1.807, 2.05) is 58.0 Å². The number of anilines is 2. The van der Waals surface area contributed by atoms with E-state index in [0.29, 0.717) is 5.69 Å². The molecule has 0 aliphatic heterocycles. The molecule has 0 fully saturated rings. The first kappa shape index (κ1) is 17.2. The van der Waals surface area contributed by atoms with E-state index in [2.05, 4.69) is 15.6 Å². The second-order valence-electron chi connectivity index (χ2n) is 5.73. The molecule has 5 heteroatoms. The van der Waals surface area contributed by atoms with E-state index in [4.69, 9.17) is 0 Å². The molecular weight excluding hydrogens is 300 g/mol. The Morgan fingerprint density at radius 2 is 1.83 bits per heavy atom. The summed E-state index contributed by atoms with van der Waals surface area (Å²) in [5.74, 6) is -0.444. The first-order valence-corrected chi connectivity index (χ1v) is 7.59. The minimum absolute atomic E-state index is 0.00468. The minimum Gasteiger partial charge on any atom is -0.359 e. The van der Waals surface area contributed by atoms with Crippen LogP contribution in [0.3, 0.4) is 0 Å². The number of amides is 1. The normalized spacial score (nSPS) is 10.9. The van der Waals surface area contributed by atoms with Gasteiger partial charge in [-0.3, -0.25) is 9.78 Å². The Bertz CT molecular complexity index is 806. The van der Waals surface area contributed by atoms with Crippen LogP contribution < -0.4 is 10.6 Å². The Morgan fingerprint density at radius 3 is 2.38 bits per heavy atom. The van der Waals surface area contributed by atoms with Crippen molar-refractivity contribution < 1.29 is 4.79 Å². The maximum Gasteiger partial charge on any atom is 0.267 e. The average molecular weight is 320 g/mol. The Hall–Kier alpha value is -3.13. The smallest absolute Gasteiger partial charge is 0.267 e. The van der Waals surface area contributed by atoms with Crippen molar-refractivity contribution in [1.82, 2.24) is 4.98 Å². The summed E-state index contributed by atoms with van der Waals surface area (Å²) in [4.78, 5) is 16.5. The Kier molecular flexibility index (Phi) is 5.33. The molecule has 1 heterocycles. The third-order valence-corrected chi connectivity index (χ3v) is 3.58. The van der Waals surface area contributed by atoms with Crippen molar-refractivity contribution in [3.63, 3.8) is 0 Å². The van der Waals surface area contributed by atoms with Crippen LogP contribution in [0.4, 0.5) is 11.4 Å². The Balaban J connectivity index is 2.16. The molecule has 122 valence electrons. The number of hydrogen-bond acceptors (Lipinski definition) is 4. The first-order valence-electron chi connectivity index (χ1n) is 7.59. The molecule has 1 aromatic heterocycles. The molecule has 0 spiro atoms. The van der Waals surface area contributed by atoms with Gasteiger partial charge in [0, 0.05) is 17.6 Å². The highest BCUT2D eigenvalue weighted by molar-refractivity contribution is 6.07. The van der Waals surface area contributed by atoms with Crippen LogP contribution in [0.15, 0.2) is 42.2 Å². The first-order chi connectivity index (χ1) is 11.4. The number of nitrogens with zero attached hydrogens (tertiary/aromatic N) is 2. The van der Waals surface area contributed by atoms with Crippen LogP contribution in [0.2, 0.25) is 0 Å². The van der Waals surface area contributed by atoms with Crippen LogP contribution in [0.5, 0.6) is 0 Å². The van der Waals surface area contributed by atoms with Crippen molar-refractivity contribution in [3.8, 4) is 6.07 Å². The molecular formula is C19H20N4O. The molecule has 1 amide bonds. The van der Waals surface area contributed by atoms with Crippen LogP contribution in [0.25, 0.3) is 0 Å². The van der Waals surface area contributed by atoms with Crippen LogP contribution in [0.1, 0.15) is 22.4 Å². The van der Waals surface area contributed by atoms with Crippen LogP contribution >= 0.6 is 0 Å². The van der Waals surface area contributed by atoms with E-state index in [1.165, 1.54) is 6.20 Å². The van der Waals surface area contributed by atoms with E-state index < -0.39 is 5.91 Å². The van der Waals surface area contributed by atoms with Crippen molar-refractivity contribution in [1.29, 1.82) is 5.26 Å². The molecule has 0 aliphatic carbocycles. The molecule has 0 saturated heterocycles. The zero-order valence-electron chi connectivity index (χ0n) is 14.3. The summed E-state index contributed by atoms with van der Waals surface area (Å²) < 4.78 is 0. The van der Waals surface area contributed by atoms with Crippen molar-refractivity contribution in [2.45, 2.75) is 27.7 Å². The van der Waals surface area contributed by atoms with E-state index in [0.717, 1.165) is 28.1 Å². The average Bonchev–Trinajstić information content (AvgIpc) is 2.53. The SMILES string of the molecule is Cc1cc(C)c(NC(=O)/C(C#N)=C\Nc2ccc(C)nc2)c(C)c1. The molecule has 5 nitrogen and oxygen atoms in total. The summed E-state index contributed by atoms with van der Waals surface area (Å²) in [6.45, 7) is 7.76. The lowest BCUT2D eigenvalue weighted by Crippen LogP contribution is -2.16. The number of carbonyl (C=O) groups excluding carboxylic acids is 1. The van der Waals surface area contributed by atoms with Gasteiger partial charge in [-0.15, -0.1) is 0 Å². The van der Waals surface area contributed by atoms with Crippen LogP contribution in [-0.2, 0) is 4.79 Å². The van der Waals surface area contributed by atoms with Gasteiger partial charge in [0.2, 0.25) is 0 Å². The van der Waals surface area contributed by atoms with Gasteiger partial charge in [0.25, 0.3) is 5.91 Å². The zero-order chi connectivity index (χ0) is 17.7. The van der Waals surface area contributed by atoms with Crippen molar-refractivity contribution in [2.24, 2.45) is 0 Å². The van der Waals surface area contributed by atoms with E-state index in [-0.39, 0.29) is 5.57 Å². The Labute approximate surface area is 142 Å². The molecule has 1 aromatic carbocycles. The van der Waals surface area contributed by atoms with Gasteiger partial charge in [-0.25, -0.2) is 0 Å². The van der Waals surface area contributed by atoms with Gasteiger partial charge in [0.05, 0.1) is 11.9 Å². The molecule has 2 aromatic rings.